The average molecular weight is 621 g/mol. The number of rotatable bonds is 4. The molecular formula is C35H56O9. The van der Waals surface area contributed by atoms with Crippen molar-refractivity contribution in [2.75, 3.05) is 6.61 Å². The summed E-state index contributed by atoms with van der Waals surface area (Å²) in [5, 5.41) is 64.1. The highest BCUT2D eigenvalue weighted by Gasteiger charge is 2.69. The second-order valence-corrected chi connectivity index (χ2v) is 17.0. The van der Waals surface area contributed by atoms with Crippen LogP contribution in [0.25, 0.3) is 0 Å². The lowest BCUT2D eigenvalue weighted by atomic mass is 9.34. The molecule has 0 unspecified atom stereocenters. The average Bonchev–Trinajstić information content (AvgIpc) is 2.96. The fraction of sp³-hybridized carbons (Fsp3) is 0.914. The van der Waals surface area contributed by atoms with E-state index in [0.717, 1.165) is 44.9 Å². The van der Waals surface area contributed by atoms with Gasteiger partial charge < -0.3 is 40.1 Å². The maximum Gasteiger partial charge on any atom is 0.309 e. The highest BCUT2D eigenvalue weighted by molar-refractivity contribution is 5.74. The fourth-order valence-electron chi connectivity index (χ4n) is 11.5. The Morgan fingerprint density at radius 3 is 2.32 bits per heavy atom. The topological polar surface area (TPSA) is 157 Å². The van der Waals surface area contributed by atoms with Gasteiger partial charge in [0.25, 0.3) is 0 Å². The van der Waals surface area contributed by atoms with Crippen molar-refractivity contribution in [1.29, 1.82) is 0 Å². The second-order valence-electron chi connectivity index (χ2n) is 17.0. The molecule has 5 fully saturated rings. The quantitative estimate of drug-likeness (QED) is 0.258. The lowest BCUT2D eigenvalue weighted by Gasteiger charge is -2.71. The van der Waals surface area contributed by atoms with Gasteiger partial charge in [0.05, 0.1) is 30.3 Å². The van der Waals surface area contributed by atoms with Crippen LogP contribution in [0.5, 0.6) is 0 Å². The molecule has 9 nitrogen and oxygen atoms in total. The first kappa shape index (κ1) is 32.9. The molecule has 44 heavy (non-hydrogen) atoms. The minimum Gasteiger partial charge on any atom is -0.481 e. The Bertz CT molecular complexity index is 1170. The number of hydrogen-bond donors (Lipinski definition) is 6. The molecule has 0 spiro atoms. The smallest absolute Gasteiger partial charge is 0.309 e. The number of aliphatic hydroxyl groups excluding tert-OH is 5. The van der Waals surface area contributed by atoms with Gasteiger partial charge in [0, 0.05) is 17.8 Å². The van der Waals surface area contributed by atoms with Gasteiger partial charge in [0.15, 0.2) is 6.29 Å². The first-order valence-corrected chi connectivity index (χ1v) is 17.0. The normalized spacial score (nSPS) is 57.2. The van der Waals surface area contributed by atoms with Crippen molar-refractivity contribution in [3.05, 3.63) is 11.6 Å². The molecule has 0 aromatic carbocycles. The Morgan fingerprint density at radius 1 is 0.955 bits per heavy atom. The minimum absolute atomic E-state index is 0.0228. The third-order valence-electron chi connectivity index (χ3n) is 15.1. The number of aliphatic carboxylic acids is 1. The van der Waals surface area contributed by atoms with Gasteiger partial charge >= 0.3 is 5.97 Å². The molecule has 250 valence electrons. The maximum absolute atomic E-state index is 12.4. The highest BCUT2D eigenvalue weighted by Crippen LogP contribution is 2.74. The largest absolute Gasteiger partial charge is 0.481 e. The van der Waals surface area contributed by atoms with Crippen LogP contribution in [0.3, 0.4) is 0 Å². The minimum atomic E-state index is -1.41. The summed E-state index contributed by atoms with van der Waals surface area (Å²) in [4.78, 5) is 12.4. The van der Waals surface area contributed by atoms with Gasteiger partial charge in [0.1, 0.15) is 18.3 Å². The van der Waals surface area contributed by atoms with Gasteiger partial charge in [-0.25, -0.2) is 0 Å². The predicted molar refractivity (Wildman–Crippen MR) is 162 cm³/mol. The molecule has 9 heteroatoms. The lowest BCUT2D eigenvalue weighted by molar-refractivity contribution is -0.303. The number of allylic oxidation sites excluding steroid dienone is 2. The van der Waals surface area contributed by atoms with E-state index < -0.39 is 59.7 Å². The molecule has 5 aliphatic carbocycles. The summed E-state index contributed by atoms with van der Waals surface area (Å²) in [5.41, 5.74) is 0.142. The first-order chi connectivity index (χ1) is 20.4. The number of ether oxygens (including phenoxy) is 2. The third-order valence-corrected chi connectivity index (χ3v) is 15.1. The molecule has 4 saturated carbocycles. The molecule has 1 aliphatic heterocycles. The van der Waals surface area contributed by atoms with E-state index >= 15 is 0 Å². The van der Waals surface area contributed by atoms with E-state index in [1.807, 2.05) is 6.92 Å². The van der Waals surface area contributed by atoms with Crippen LogP contribution in [0.1, 0.15) is 99.3 Å². The molecule has 0 aromatic heterocycles. The van der Waals surface area contributed by atoms with Crippen LogP contribution in [0.2, 0.25) is 0 Å². The van der Waals surface area contributed by atoms with Crippen molar-refractivity contribution in [2.24, 2.45) is 50.7 Å². The predicted octanol–water partition coefficient (Wildman–Crippen LogP) is 3.64. The summed E-state index contributed by atoms with van der Waals surface area (Å²) in [6.07, 6.45) is 2.39. The van der Waals surface area contributed by atoms with Crippen LogP contribution >= 0.6 is 0 Å². The molecule has 16 atom stereocenters. The molecule has 6 N–H and O–H groups in total. The van der Waals surface area contributed by atoms with Gasteiger partial charge in [-0.2, -0.15) is 0 Å². The van der Waals surface area contributed by atoms with Crippen molar-refractivity contribution in [3.8, 4) is 0 Å². The number of aliphatic hydroxyl groups is 5. The summed E-state index contributed by atoms with van der Waals surface area (Å²) in [5.74, 6) is -0.601. The van der Waals surface area contributed by atoms with Crippen LogP contribution in [0, 0.1) is 50.7 Å². The van der Waals surface area contributed by atoms with Crippen molar-refractivity contribution in [1.82, 2.24) is 0 Å². The number of carbonyl (C=O) groups is 1. The number of hydrogen-bond acceptors (Lipinski definition) is 8. The summed E-state index contributed by atoms with van der Waals surface area (Å²) in [6, 6.07) is 0. The van der Waals surface area contributed by atoms with Gasteiger partial charge in [-0.1, -0.05) is 39.3 Å². The fourth-order valence-corrected chi connectivity index (χ4v) is 11.5. The van der Waals surface area contributed by atoms with Crippen molar-refractivity contribution in [3.63, 3.8) is 0 Å². The van der Waals surface area contributed by atoms with Crippen LogP contribution < -0.4 is 0 Å². The monoisotopic (exact) mass is 620 g/mol. The SMILES string of the molecule is C[C@@H]1O[C@@H](OC[C@@H]2[C@@H](O)C[C@H](O)[C@]3(C)[C@H]4CC=C5[C@H]6C[C@](C)(C(=O)O)CC[C@]6(C)CC[C@@]5(C)[C@]4(C)CC[C@@H]23)[C@H](O)[C@H](O)[C@H]1O. The number of fused-ring (bicyclic) bond motifs is 7. The zero-order chi connectivity index (χ0) is 32.2. The second kappa shape index (κ2) is 10.7. The van der Waals surface area contributed by atoms with Gasteiger partial charge in [-0.3, -0.25) is 4.79 Å². The van der Waals surface area contributed by atoms with Gasteiger partial charge in [-0.15, -0.1) is 0 Å². The molecule has 0 bridgehead atoms. The first-order valence-electron chi connectivity index (χ1n) is 17.0. The summed E-state index contributed by atoms with van der Waals surface area (Å²) < 4.78 is 11.7. The van der Waals surface area contributed by atoms with Gasteiger partial charge in [-0.05, 0) is 99.2 Å². The van der Waals surface area contributed by atoms with E-state index in [-0.39, 0.29) is 52.9 Å². The third kappa shape index (κ3) is 4.46. The van der Waals surface area contributed by atoms with Crippen molar-refractivity contribution < 1.29 is 44.9 Å². The zero-order valence-corrected chi connectivity index (χ0v) is 27.4. The molecule has 0 aromatic rings. The van der Waals surface area contributed by atoms with Crippen molar-refractivity contribution in [2.45, 2.75) is 142 Å². The highest BCUT2D eigenvalue weighted by atomic mass is 16.7. The van der Waals surface area contributed by atoms with Crippen LogP contribution in [-0.2, 0) is 14.3 Å². The molecule has 1 heterocycles. The van der Waals surface area contributed by atoms with E-state index in [1.165, 1.54) is 5.57 Å². The van der Waals surface area contributed by atoms with E-state index in [4.69, 9.17) is 9.47 Å². The summed E-state index contributed by atoms with van der Waals surface area (Å²) in [7, 11) is 0. The van der Waals surface area contributed by atoms with Crippen LogP contribution in [0.15, 0.2) is 11.6 Å². The number of carboxylic acid groups (broad SMARTS) is 1. The zero-order valence-electron chi connectivity index (χ0n) is 27.4. The molecule has 0 radical (unpaired) electrons. The van der Waals surface area contributed by atoms with E-state index in [0.29, 0.717) is 6.42 Å². The van der Waals surface area contributed by atoms with Crippen LogP contribution in [-0.4, -0.2) is 86.1 Å². The summed E-state index contributed by atoms with van der Waals surface area (Å²) >= 11 is 0. The molecule has 0 amide bonds. The Kier molecular flexibility index (Phi) is 8.01. The molecule has 6 rings (SSSR count). The summed E-state index contributed by atoms with van der Waals surface area (Å²) in [6.45, 7) is 13.1. The number of carboxylic acids is 1. The standard InChI is InChI=1S/C35H56O9/c1-18-26(38)27(39)28(40)29(44-18)43-17-19-20-9-10-34(5)24(35(20,6)25(37)15-23(19)36)8-7-21-22-16-32(3,30(41)42)12-11-31(22,2)13-14-33(21,34)4/h7,18-20,22-29,36-40H,8-17H2,1-6H3,(H,41,42)/t18-,19-,20-,22+,23-,24-,25-,26-,27+,28+,29+,31+,32+,33+,34+,35-/m0/s1. The van der Waals surface area contributed by atoms with Crippen molar-refractivity contribution >= 4 is 5.97 Å². The Labute approximate surface area is 262 Å². The molecular weight excluding hydrogens is 564 g/mol. The van der Waals surface area contributed by atoms with Gasteiger partial charge in [0.2, 0.25) is 0 Å². The van der Waals surface area contributed by atoms with E-state index in [2.05, 4.69) is 33.8 Å². The lowest BCUT2D eigenvalue weighted by Crippen LogP contribution is -2.67. The van der Waals surface area contributed by atoms with E-state index in [1.54, 1.807) is 6.92 Å². The Balaban J connectivity index is 1.29. The Hall–Kier alpha value is -1.07. The molecule has 1 saturated heterocycles. The maximum atomic E-state index is 12.4. The Morgan fingerprint density at radius 2 is 1.64 bits per heavy atom. The molecule has 6 aliphatic rings. The van der Waals surface area contributed by atoms with E-state index in [9.17, 15) is 35.4 Å². The van der Waals surface area contributed by atoms with Crippen LogP contribution in [0.4, 0.5) is 0 Å².